The maximum absolute atomic E-state index is 11.6. The summed E-state index contributed by atoms with van der Waals surface area (Å²) in [4.78, 5) is 11.6. The van der Waals surface area contributed by atoms with Crippen molar-refractivity contribution in [1.29, 1.82) is 0 Å². The maximum Gasteiger partial charge on any atom is 0.145 e. The Morgan fingerprint density at radius 3 is 1.95 bits per heavy atom. The zero-order chi connectivity index (χ0) is 15.0. The average molecular weight is 474 g/mol. The van der Waals surface area contributed by atoms with Crippen LogP contribution in [0.3, 0.4) is 0 Å². The summed E-state index contributed by atoms with van der Waals surface area (Å²) >= 11 is 10.3. The van der Waals surface area contributed by atoms with E-state index in [-0.39, 0.29) is 5.78 Å². The zero-order valence-corrected chi connectivity index (χ0v) is 15.8. The largest absolute Gasteiger partial charge is 0.340 e. The smallest absolute Gasteiger partial charge is 0.145 e. The molecule has 0 saturated carbocycles. The lowest BCUT2D eigenvalue weighted by atomic mass is 10.2. The number of hydrogen-bond acceptors (Lipinski definition) is 1. The number of carbonyl (C=O) groups excluding carboxylic acids is 1. The van der Waals surface area contributed by atoms with Gasteiger partial charge in [-0.1, -0.05) is 47.8 Å². The second-order valence-corrected chi connectivity index (χ2v) is 7.29. The molecule has 3 rings (SSSR count). The molecule has 0 N–H and O–H groups in total. The van der Waals surface area contributed by atoms with Crippen LogP contribution in [0.2, 0.25) is 0 Å². The van der Waals surface area contributed by atoms with Crippen molar-refractivity contribution in [2.45, 2.75) is 13.0 Å². The topological polar surface area (TPSA) is 22.0 Å². The summed E-state index contributed by atoms with van der Waals surface area (Å²) in [5, 5.41) is 2.82. The Morgan fingerprint density at radius 2 is 1.48 bits per heavy atom. The van der Waals surface area contributed by atoms with Crippen LogP contribution in [-0.2, 0) is 11.3 Å². The molecule has 0 bridgehead atoms. The minimum Gasteiger partial charge on any atom is -0.340 e. The normalized spacial score (nSPS) is 11.4. The van der Waals surface area contributed by atoms with Gasteiger partial charge in [0.1, 0.15) is 5.78 Å². The third-order valence-electron chi connectivity index (χ3n) is 3.55. The van der Waals surface area contributed by atoms with Gasteiger partial charge in [-0.25, -0.2) is 0 Å². The van der Waals surface area contributed by atoms with Gasteiger partial charge in [0.2, 0.25) is 0 Å². The zero-order valence-electron chi connectivity index (χ0n) is 11.1. The highest BCUT2D eigenvalue weighted by molar-refractivity contribution is 9.10. The number of halogens is 3. The number of carbonyl (C=O) groups is 1. The van der Waals surface area contributed by atoms with E-state index in [0.29, 0.717) is 18.3 Å². The van der Waals surface area contributed by atoms with Gasteiger partial charge in [0.05, 0.1) is 5.33 Å². The lowest BCUT2D eigenvalue weighted by molar-refractivity contribution is -0.116. The van der Waals surface area contributed by atoms with Crippen LogP contribution in [-0.4, -0.2) is 15.7 Å². The molecule has 0 spiro atoms. The Kier molecular flexibility index (Phi) is 4.52. The number of aryl methyl sites for hydroxylation is 1. The Hall–Kier alpha value is -0.650. The van der Waals surface area contributed by atoms with Crippen LogP contribution in [0, 0.1) is 0 Å². The second-order valence-electron chi connectivity index (χ2n) is 4.90. The number of ketones is 1. The summed E-state index contributed by atoms with van der Waals surface area (Å²) < 4.78 is 4.35. The van der Waals surface area contributed by atoms with Gasteiger partial charge in [0.15, 0.2) is 0 Å². The third-order valence-corrected chi connectivity index (χ3v) is 5.16. The standard InChI is InChI=1S/C16H12Br3NO/c17-9-12(21)5-6-20-15-3-1-10(18)7-13(15)14-8-11(19)2-4-16(14)20/h1-4,7-8H,5-6,9H2. The van der Waals surface area contributed by atoms with Crippen molar-refractivity contribution in [2.75, 3.05) is 5.33 Å². The van der Waals surface area contributed by atoms with E-state index in [9.17, 15) is 4.79 Å². The van der Waals surface area contributed by atoms with Crippen molar-refractivity contribution in [3.63, 3.8) is 0 Å². The number of benzene rings is 2. The highest BCUT2D eigenvalue weighted by Gasteiger charge is 2.12. The van der Waals surface area contributed by atoms with Gasteiger partial charge in [-0.3, -0.25) is 4.79 Å². The van der Waals surface area contributed by atoms with E-state index in [0.717, 1.165) is 20.0 Å². The van der Waals surface area contributed by atoms with E-state index in [4.69, 9.17) is 0 Å². The van der Waals surface area contributed by atoms with Crippen LogP contribution < -0.4 is 0 Å². The molecule has 5 heteroatoms. The van der Waals surface area contributed by atoms with Crippen molar-refractivity contribution < 1.29 is 4.79 Å². The molecule has 2 nitrogen and oxygen atoms in total. The van der Waals surface area contributed by atoms with Gasteiger partial charge >= 0.3 is 0 Å². The fraction of sp³-hybridized carbons (Fsp3) is 0.188. The van der Waals surface area contributed by atoms with E-state index in [1.165, 1.54) is 10.8 Å². The third kappa shape index (κ3) is 2.96. The van der Waals surface area contributed by atoms with Gasteiger partial charge in [-0.2, -0.15) is 0 Å². The number of rotatable bonds is 4. The summed E-state index contributed by atoms with van der Waals surface area (Å²) in [6.07, 6.45) is 0.538. The quantitative estimate of drug-likeness (QED) is 0.447. The average Bonchev–Trinajstić information content (AvgIpc) is 2.77. The van der Waals surface area contributed by atoms with Crippen LogP contribution in [0.1, 0.15) is 6.42 Å². The number of aromatic nitrogens is 1. The van der Waals surface area contributed by atoms with E-state index in [1.54, 1.807) is 0 Å². The first-order valence-corrected chi connectivity index (χ1v) is 9.25. The number of alkyl halides is 1. The number of hydrogen-bond donors (Lipinski definition) is 0. The lowest BCUT2D eigenvalue weighted by Gasteiger charge is -2.06. The van der Waals surface area contributed by atoms with Crippen LogP contribution in [0.25, 0.3) is 21.8 Å². The molecule has 0 aliphatic carbocycles. The Morgan fingerprint density at radius 1 is 0.952 bits per heavy atom. The highest BCUT2D eigenvalue weighted by atomic mass is 79.9. The SMILES string of the molecule is O=C(CBr)CCn1c2ccc(Br)cc2c2cc(Br)ccc21. The number of Topliss-reactive ketones (excluding diaryl/α,β-unsaturated/α-hetero) is 1. The summed E-state index contributed by atoms with van der Waals surface area (Å²) in [5.74, 6) is 0.222. The number of nitrogens with zero attached hydrogens (tertiary/aromatic N) is 1. The molecule has 0 saturated heterocycles. The van der Waals surface area contributed by atoms with Crippen LogP contribution in [0.4, 0.5) is 0 Å². The van der Waals surface area contributed by atoms with Gasteiger partial charge in [-0.15, -0.1) is 0 Å². The molecule has 0 radical (unpaired) electrons. The van der Waals surface area contributed by atoms with Crippen molar-refractivity contribution in [3.05, 3.63) is 45.3 Å². The van der Waals surface area contributed by atoms with Crippen molar-refractivity contribution in [3.8, 4) is 0 Å². The van der Waals surface area contributed by atoms with Crippen molar-refractivity contribution in [1.82, 2.24) is 4.57 Å². The van der Waals surface area contributed by atoms with Crippen LogP contribution >= 0.6 is 47.8 Å². The van der Waals surface area contributed by atoms with E-state index in [1.807, 2.05) is 12.1 Å². The minimum atomic E-state index is 0.222. The lowest BCUT2D eigenvalue weighted by Crippen LogP contribution is -2.06. The minimum absolute atomic E-state index is 0.222. The number of fused-ring (bicyclic) bond motifs is 3. The first kappa shape index (κ1) is 15.3. The summed E-state index contributed by atoms with van der Waals surface area (Å²) in [6.45, 7) is 0.702. The molecule has 108 valence electrons. The molecule has 1 heterocycles. The fourth-order valence-electron chi connectivity index (χ4n) is 2.59. The first-order chi connectivity index (χ1) is 10.1. The molecule has 0 aliphatic heterocycles. The summed E-state index contributed by atoms with van der Waals surface area (Å²) in [6, 6.07) is 12.6. The molecule has 21 heavy (non-hydrogen) atoms. The van der Waals surface area contributed by atoms with Gasteiger partial charge < -0.3 is 4.57 Å². The fourth-order valence-corrected chi connectivity index (χ4v) is 3.60. The van der Waals surface area contributed by atoms with Crippen LogP contribution in [0.5, 0.6) is 0 Å². The van der Waals surface area contributed by atoms with Gasteiger partial charge in [0.25, 0.3) is 0 Å². The molecule has 0 amide bonds. The van der Waals surface area contributed by atoms with Crippen molar-refractivity contribution >= 4 is 75.4 Å². The molecular formula is C16H12Br3NO. The second kappa shape index (κ2) is 6.23. The summed E-state index contributed by atoms with van der Waals surface area (Å²) in [5.41, 5.74) is 2.32. The van der Waals surface area contributed by atoms with Crippen LogP contribution in [0.15, 0.2) is 45.3 Å². The highest BCUT2D eigenvalue weighted by Crippen LogP contribution is 2.33. The monoisotopic (exact) mass is 471 g/mol. The van der Waals surface area contributed by atoms with Crippen molar-refractivity contribution in [2.24, 2.45) is 0 Å². The summed E-state index contributed by atoms with van der Waals surface area (Å²) in [7, 11) is 0. The Balaban J connectivity index is 2.22. The molecule has 3 aromatic rings. The van der Waals surface area contributed by atoms with Gasteiger partial charge in [0, 0.05) is 43.7 Å². The molecule has 0 aliphatic rings. The Bertz CT molecular complexity index is 779. The van der Waals surface area contributed by atoms with E-state index in [2.05, 4.69) is 76.6 Å². The molecule has 0 atom stereocenters. The molecular weight excluding hydrogens is 462 g/mol. The van der Waals surface area contributed by atoms with E-state index < -0.39 is 0 Å². The molecule has 2 aromatic carbocycles. The maximum atomic E-state index is 11.6. The van der Waals surface area contributed by atoms with Gasteiger partial charge in [-0.05, 0) is 36.4 Å². The molecule has 1 aromatic heterocycles. The van der Waals surface area contributed by atoms with E-state index >= 15 is 0 Å². The predicted octanol–water partition coefficient (Wildman–Crippen LogP) is 5.67. The Labute approximate surface area is 147 Å². The first-order valence-electron chi connectivity index (χ1n) is 6.55. The molecule has 0 unspecified atom stereocenters. The molecule has 0 fully saturated rings. The predicted molar refractivity (Wildman–Crippen MR) is 98.3 cm³/mol.